The van der Waals surface area contributed by atoms with E-state index in [4.69, 9.17) is 4.74 Å². The second-order valence-electron chi connectivity index (χ2n) is 8.06. The van der Waals surface area contributed by atoms with Gasteiger partial charge in [0, 0.05) is 43.6 Å². The molecule has 0 unspecified atom stereocenters. The first-order valence-electron chi connectivity index (χ1n) is 10.8. The molecule has 0 bridgehead atoms. The highest BCUT2D eigenvalue weighted by Gasteiger charge is 2.20. The first kappa shape index (κ1) is 21.9. The van der Waals surface area contributed by atoms with Crippen molar-refractivity contribution >= 4 is 22.5 Å². The number of rotatable bonds is 8. The number of morpholine rings is 1. The minimum Gasteiger partial charge on any atom is -0.379 e. The van der Waals surface area contributed by atoms with E-state index < -0.39 is 4.92 Å². The molecule has 1 N–H and O–H groups in total. The average Bonchev–Trinajstić information content (AvgIpc) is 3.21. The average molecular weight is 438 g/mol. The Labute approximate surface area is 186 Å². The molecule has 168 valence electrons. The number of nitrogens with zero attached hydrogens (tertiary/aromatic N) is 4. The molecule has 9 heteroatoms. The molecule has 1 atom stereocenters. The van der Waals surface area contributed by atoms with E-state index in [1.807, 2.05) is 6.92 Å². The van der Waals surface area contributed by atoms with Crippen molar-refractivity contribution in [3.63, 3.8) is 0 Å². The number of benzene rings is 2. The van der Waals surface area contributed by atoms with E-state index in [-0.39, 0.29) is 24.1 Å². The van der Waals surface area contributed by atoms with E-state index in [2.05, 4.69) is 39.6 Å². The maximum absolute atomic E-state index is 12.8. The van der Waals surface area contributed by atoms with Gasteiger partial charge in [-0.1, -0.05) is 29.8 Å². The number of ether oxygens (including phenoxy) is 1. The number of nitrogens with one attached hydrogen (secondary N) is 1. The van der Waals surface area contributed by atoms with Crippen LogP contribution in [0.25, 0.3) is 10.9 Å². The molecule has 0 saturated carbocycles. The summed E-state index contributed by atoms with van der Waals surface area (Å²) in [4.78, 5) is 25.8. The molecule has 0 spiro atoms. The zero-order chi connectivity index (χ0) is 22.5. The van der Waals surface area contributed by atoms with Gasteiger partial charge in [0.15, 0.2) is 0 Å². The summed E-state index contributed by atoms with van der Waals surface area (Å²) in [6.07, 6.45) is 1.88. The van der Waals surface area contributed by atoms with Crippen LogP contribution in [-0.4, -0.2) is 58.4 Å². The van der Waals surface area contributed by atoms with Gasteiger partial charge < -0.3 is 10.1 Å². The molecular formula is C23H27N5O4. The topological polar surface area (TPSA) is 103 Å². The summed E-state index contributed by atoms with van der Waals surface area (Å²) in [7, 11) is 0. The fraction of sp³-hybridized carbons (Fsp3) is 0.391. The number of non-ortho nitro benzene ring substituents is 1. The number of carbonyl (C=O) groups excluding carboxylic acids is 1. The van der Waals surface area contributed by atoms with Crippen molar-refractivity contribution in [3.05, 3.63) is 69.9 Å². The molecule has 2 heterocycles. The molecule has 1 saturated heterocycles. The number of fused-ring (bicyclic) bond motifs is 1. The van der Waals surface area contributed by atoms with Crippen LogP contribution in [-0.2, 0) is 16.1 Å². The first-order chi connectivity index (χ1) is 15.5. The van der Waals surface area contributed by atoms with Gasteiger partial charge in [0.2, 0.25) is 5.91 Å². The zero-order valence-corrected chi connectivity index (χ0v) is 18.1. The standard InChI is InChI=1S/C23H27N5O4/c1-17-2-4-18(5-3-17)21(16-26-10-12-32-13-11-26)25-23(29)8-9-27-22-14-20(28(30)31)7-6-19(22)15-24-27/h2-7,14-15,21H,8-13,16H2,1H3,(H,25,29)/t21-/m1/s1. The molecule has 1 fully saturated rings. The van der Waals surface area contributed by atoms with Crippen molar-refractivity contribution in [1.82, 2.24) is 20.0 Å². The maximum atomic E-state index is 12.8. The predicted octanol–water partition coefficient (Wildman–Crippen LogP) is 2.83. The van der Waals surface area contributed by atoms with Gasteiger partial charge in [-0.05, 0) is 18.6 Å². The SMILES string of the molecule is Cc1ccc([C@@H](CN2CCOCC2)NC(=O)CCn2ncc3ccc([N+](=O)[O-])cc32)cc1. The molecule has 9 nitrogen and oxygen atoms in total. The summed E-state index contributed by atoms with van der Waals surface area (Å²) in [6.45, 7) is 6.19. The Bertz CT molecular complexity index is 1090. The third kappa shape index (κ3) is 5.30. The van der Waals surface area contributed by atoms with E-state index in [1.54, 1.807) is 16.9 Å². The van der Waals surface area contributed by atoms with Gasteiger partial charge >= 0.3 is 0 Å². The van der Waals surface area contributed by atoms with Crippen molar-refractivity contribution in [2.24, 2.45) is 0 Å². The van der Waals surface area contributed by atoms with Crippen molar-refractivity contribution in [2.45, 2.75) is 25.9 Å². The Balaban J connectivity index is 1.43. The number of amides is 1. The number of aromatic nitrogens is 2. The lowest BCUT2D eigenvalue weighted by molar-refractivity contribution is -0.384. The minimum atomic E-state index is -0.429. The lowest BCUT2D eigenvalue weighted by Crippen LogP contribution is -2.43. The Morgan fingerprint density at radius 1 is 1.22 bits per heavy atom. The molecular weight excluding hydrogens is 410 g/mol. The quantitative estimate of drug-likeness (QED) is 0.429. The van der Waals surface area contributed by atoms with Gasteiger partial charge in [-0.15, -0.1) is 0 Å². The molecule has 2 aromatic carbocycles. The van der Waals surface area contributed by atoms with Crippen LogP contribution in [0.15, 0.2) is 48.7 Å². The summed E-state index contributed by atoms with van der Waals surface area (Å²) in [5.41, 5.74) is 2.89. The Kier molecular flexibility index (Phi) is 6.77. The van der Waals surface area contributed by atoms with Gasteiger partial charge in [-0.25, -0.2) is 0 Å². The zero-order valence-electron chi connectivity index (χ0n) is 18.1. The number of nitro benzene ring substituents is 1. The van der Waals surface area contributed by atoms with Gasteiger partial charge in [0.1, 0.15) is 0 Å². The van der Waals surface area contributed by atoms with Crippen LogP contribution in [0.5, 0.6) is 0 Å². The van der Waals surface area contributed by atoms with Crippen LogP contribution < -0.4 is 5.32 Å². The van der Waals surface area contributed by atoms with Crippen LogP contribution in [0.1, 0.15) is 23.6 Å². The first-order valence-corrected chi connectivity index (χ1v) is 10.8. The Hall–Kier alpha value is -3.30. The van der Waals surface area contributed by atoms with Crippen molar-refractivity contribution < 1.29 is 14.5 Å². The van der Waals surface area contributed by atoms with Crippen LogP contribution in [0, 0.1) is 17.0 Å². The number of carbonyl (C=O) groups is 1. The van der Waals surface area contributed by atoms with E-state index in [1.165, 1.54) is 17.7 Å². The largest absolute Gasteiger partial charge is 0.379 e. The number of hydrogen-bond acceptors (Lipinski definition) is 6. The van der Waals surface area contributed by atoms with Gasteiger partial charge in [0.05, 0.1) is 42.4 Å². The summed E-state index contributed by atoms with van der Waals surface area (Å²) >= 11 is 0. The molecule has 1 aliphatic rings. The van der Waals surface area contributed by atoms with E-state index in [0.717, 1.165) is 30.6 Å². The third-order valence-electron chi connectivity index (χ3n) is 5.75. The maximum Gasteiger partial charge on any atom is 0.271 e. The summed E-state index contributed by atoms with van der Waals surface area (Å²) in [6, 6.07) is 12.7. The van der Waals surface area contributed by atoms with Crippen molar-refractivity contribution in [3.8, 4) is 0 Å². The predicted molar refractivity (Wildman–Crippen MR) is 120 cm³/mol. The monoisotopic (exact) mass is 437 g/mol. The van der Waals surface area contributed by atoms with E-state index in [9.17, 15) is 14.9 Å². The molecule has 1 aliphatic heterocycles. The lowest BCUT2D eigenvalue weighted by atomic mass is 10.0. The van der Waals surface area contributed by atoms with E-state index in [0.29, 0.717) is 25.3 Å². The second kappa shape index (κ2) is 9.88. The van der Waals surface area contributed by atoms with Gasteiger partial charge in [-0.2, -0.15) is 5.10 Å². The van der Waals surface area contributed by atoms with Crippen molar-refractivity contribution in [1.29, 1.82) is 0 Å². The third-order valence-corrected chi connectivity index (χ3v) is 5.75. The molecule has 0 radical (unpaired) electrons. The fourth-order valence-electron chi connectivity index (χ4n) is 3.90. The second-order valence-corrected chi connectivity index (χ2v) is 8.06. The fourth-order valence-corrected chi connectivity index (χ4v) is 3.90. The van der Waals surface area contributed by atoms with Gasteiger partial charge in [0.25, 0.3) is 5.69 Å². The number of aryl methyl sites for hydroxylation is 2. The molecule has 1 amide bonds. The molecule has 4 rings (SSSR count). The smallest absolute Gasteiger partial charge is 0.271 e. The highest BCUT2D eigenvalue weighted by molar-refractivity contribution is 5.81. The van der Waals surface area contributed by atoms with Crippen LogP contribution in [0.3, 0.4) is 0 Å². The van der Waals surface area contributed by atoms with Crippen molar-refractivity contribution in [2.75, 3.05) is 32.8 Å². The molecule has 1 aromatic heterocycles. The Morgan fingerprint density at radius 3 is 2.69 bits per heavy atom. The summed E-state index contributed by atoms with van der Waals surface area (Å²) in [5.74, 6) is -0.0853. The minimum absolute atomic E-state index is 0.00801. The number of hydrogen-bond donors (Lipinski definition) is 1. The van der Waals surface area contributed by atoms with Crippen LogP contribution >= 0.6 is 0 Å². The molecule has 0 aliphatic carbocycles. The lowest BCUT2D eigenvalue weighted by Gasteiger charge is -2.31. The van der Waals surface area contributed by atoms with Crippen LogP contribution in [0.4, 0.5) is 5.69 Å². The molecule has 32 heavy (non-hydrogen) atoms. The highest BCUT2D eigenvalue weighted by atomic mass is 16.6. The normalized spacial score (nSPS) is 15.5. The highest BCUT2D eigenvalue weighted by Crippen LogP contribution is 2.21. The van der Waals surface area contributed by atoms with Crippen LogP contribution in [0.2, 0.25) is 0 Å². The summed E-state index contributed by atoms with van der Waals surface area (Å²) in [5, 5.41) is 19.4. The Morgan fingerprint density at radius 2 is 1.97 bits per heavy atom. The number of nitro groups is 1. The summed E-state index contributed by atoms with van der Waals surface area (Å²) < 4.78 is 7.08. The van der Waals surface area contributed by atoms with Gasteiger partial charge in [-0.3, -0.25) is 24.5 Å². The molecule has 3 aromatic rings. The van der Waals surface area contributed by atoms with E-state index >= 15 is 0 Å².